The summed E-state index contributed by atoms with van der Waals surface area (Å²) in [5.74, 6) is 0.532. The summed E-state index contributed by atoms with van der Waals surface area (Å²) in [6.07, 6.45) is 3.19. The molecule has 0 spiro atoms. The molecule has 0 aromatic heterocycles. The smallest absolute Gasteiger partial charge is 0.118 e. The Hall–Kier alpha value is -0.720. The first-order chi connectivity index (χ1) is 7.34. The van der Waals surface area contributed by atoms with E-state index in [2.05, 4.69) is 61.5 Å². The standard InChI is InChI=1S/C16H28O/c1-14(2,3)11-9-16(7,8)10-12(13(11)17)15(4,5)6/h9,17H,10H2,1-8H3. The fourth-order valence-corrected chi connectivity index (χ4v) is 2.40. The van der Waals surface area contributed by atoms with Crippen molar-refractivity contribution in [3.8, 4) is 0 Å². The molecule has 0 aromatic rings. The molecule has 0 bridgehead atoms. The first-order valence-corrected chi connectivity index (χ1v) is 6.51. The van der Waals surface area contributed by atoms with Gasteiger partial charge in [0.2, 0.25) is 0 Å². The molecule has 98 valence electrons. The number of rotatable bonds is 0. The number of allylic oxidation sites excluding steroid dienone is 3. The highest BCUT2D eigenvalue weighted by molar-refractivity contribution is 5.41. The second kappa shape index (κ2) is 3.90. The second-order valence-corrected chi connectivity index (χ2v) is 8.05. The predicted molar refractivity (Wildman–Crippen MR) is 75.0 cm³/mol. The highest BCUT2D eigenvalue weighted by Gasteiger charge is 2.36. The van der Waals surface area contributed by atoms with Crippen LogP contribution in [0.5, 0.6) is 0 Å². The van der Waals surface area contributed by atoms with Crippen molar-refractivity contribution in [1.82, 2.24) is 0 Å². The Morgan fingerprint density at radius 1 is 1.00 bits per heavy atom. The Morgan fingerprint density at radius 3 is 1.82 bits per heavy atom. The van der Waals surface area contributed by atoms with Crippen molar-refractivity contribution in [3.63, 3.8) is 0 Å². The number of hydrogen-bond acceptors (Lipinski definition) is 1. The van der Waals surface area contributed by atoms with Crippen LogP contribution < -0.4 is 0 Å². The molecule has 1 heteroatoms. The summed E-state index contributed by atoms with van der Waals surface area (Å²) in [4.78, 5) is 0. The third-order valence-electron chi connectivity index (χ3n) is 3.42. The fourth-order valence-electron chi connectivity index (χ4n) is 2.40. The molecule has 0 atom stereocenters. The van der Waals surface area contributed by atoms with Crippen molar-refractivity contribution in [2.45, 2.75) is 61.8 Å². The Kier molecular flexibility index (Phi) is 3.29. The maximum absolute atomic E-state index is 10.5. The number of aliphatic hydroxyl groups excluding tert-OH is 1. The lowest BCUT2D eigenvalue weighted by atomic mass is 9.67. The molecule has 0 fully saturated rings. The molecular formula is C16H28O. The quantitative estimate of drug-likeness (QED) is 0.609. The Balaban J connectivity index is 3.38. The average molecular weight is 236 g/mol. The van der Waals surface area contributed by atoms with Crippen molar-refractivity contribution in [3.05, 3.63) is 23.0 Å². The lowest BCUT2D eigenvalue weighted by molar-refractivity contribution is 0.300. The molecule has 1 rings (SSSR count). The lowest BCUT2D eigenvalue weighted by Crippen LogP contribution is -2.27. The molecule has 0 heterocycles. The van der Waals surface area contributed by atoms with Crippen LogP contribution in [-0.2, 0) is 0 Å². The van der Waals surface area contributed by atoms with E-state index in [9.17, 15) is 5.11 Å². The van der Waals surface area contributed by atoms with Gasteiger partial charge in [-0.25, -0.2) is 0 Å². The summed E-state index contributed by atoms with van der Waals surface area (Å²) >= 11 is 0. The Labute approximate surface area is 107 Å². The third-order valence-corrected chi connectivity index (χ3v) is 3.42. The predicted octanol–water partition coefficient (Wildman–Crippen LogP) is 5.25. The molecule has 1 aliphatic carbocycles. The summed E-state index contributed by atoms with van der Waals surface area (Å²) in [5.41, 5.74) is 2.45. The molecule has 0 unspecified atom stereocenters. The monoisotopic (exact) mass is 236 g/mol. The van der Waals surface area contributed by atoms with E-state index in [1.807, 2.05) is 0 Å². The van der Waals surface area contributed by atoms with Gasteiger partial charge in [0.25, 0.3) is 0 Å². The molecule has 1 N–H and O–H groups in total. The molecule has 0 aromatic carbocycles. The van der Waals surface area contributed by atoms with Gasteiger partial charge in [-0.2, -0.15) is 0 Å². The molecule has 0 aliphatic heterocycles. The zero-order chi connectivity index (χ0) is 13.6. The zero-order valence-electron chi connectivity index (χ0n) is 12.7. The molecule has 0 radical (unpaired) electrons. The normalized spacial score (nSPS) is 21.5. The molecule has 0 saturated heterocycles. The molecule has 0 amide bonds. The largest absolute Gasteiger partial charge is 0.508 e. The van der Waals surface area contributed by atoms with E-state index in [0.29, 0.717) is 5.76 Å². The van der Waals surface area contributed by atoms with Gasteiger partial charge in [-0.05, 0) is 33.8 Å². The van der Waals surface area contributed by atoms with Crippen LogP contribution in [0.4, 0.5) is 0 Å². The molecule has 1 aliphatic rings. The maximum Gasteiger partial charge on any atom is 0.118 e. The first-order valence-electron chi connectivity index (χ1n) is 6.51. The Bertz CT molecular complexity index is 367. The van der Waals surface area contributed by atoms with E-state index < -0.39 is 0 Å². The van der Waals surface area contributed by atoms with E-state index in [-0.39, 0.29) is 16.2 Å². The van der Waals surface area contributed by atoms with Gasteiger partial charge in [0.1, 0.15) is 5.76 Å². The molecular weight excluding hydrogens is 208 g/mol. The van der Waals surface area contributed by atoms with Crippen LogP contribution in [-0.4, -0.2) is 5.11 Å². The summed E-state index contributed by atoms with van der Waals surface area (Å²) < 4.78 is 0. The molecule has 17 heavy (non-hydrogen) atoms. The van der Waals surface area contributed by atoms with Crippen molar-refractivity contribution >= 4 is 0 Å². The van der Waals surface area contributed by atoms with Gasteiger partial charge in [-0.15, -0.1) is 0 Å². The van der Waals surface area contributed by atoms with Gasteiger partial charge in [0.15, 0.2) is 0 Å². The second-order valence-electron chi connectivity index (χ2n) is 8.05. The van der Waals surface area contributed by atoms with Crippen LogP contribution in [0.25, 0.3) is 0 Å². The van der Waals surface area contributed by atoms with Gasteiger partial charge >= 0.3 is 0 Å². The van der Waals surface area contributed by atoms with E-state index >= 15 is 0 Å². The van der Waals surface area contributed by atoms with Gasteiger partial charge in [0, 0.05) is 0 Å². The van der Waals surface area contributed by atoms with Gasteiger partial charge in [-0.1, -0.05) is 61.5 Å². The van der Waals surface area contributed by atoms with Crippen molar-refractivity contribution in [1.29, 1.82) is 0 Å². The molecule has 1 nitrogen and oxygen atoms in total. The van der Waals surface area contributed by atoms with Crippen LogP contribution in [0.1, 0.15) is 61.8 Å². The third kappa shape index (κ3) is 3.14. The lowest BCUT2D eigenvalue weighted by Gasteiger charge is -2.39. The summed E-state index contributed by atoms with van der Waals surface area (Å²) in [7, 11) is 0. The van der Waals surface area contributed by atoms with Gasteiger partial charge in [0.05, 0.1) is 0 Å². The number of hydrogen-bond donors (Lipinski definition) is 1. The van der Waals surface area contributed by atoms with Crippen molar-refractivity contribution in [2.24, 2.45) is 16.2 Å². The van der Waals surface area contributed by atoms with E-state index in [4.69, 9.17) is 0 Å². The first kappa shape index (κ1) is 14.3. The molecule has 0 saturated carbocycles. The minimum Gasteiger partial charge on any atom is -0.508 e. The van der Waals surface area contributed by atoms with E-state index in [1.54, 1.807) is 0 Å². The summed E-state index contributed by atoms with van der Waals surface area (Å²) in [5, 5.41) is 10.5. The van der Waals surface area contributed by atoms with Crippen molar-refractivity contribution in [2.75, 3.05) is 0 Å². The van der Waals surface area contributed by atoms with Crippen LogP contribution in [0, 0.1) is 16.2 Å². The summed E-state index contributed by atoms with van der Waals surface area (Å²) in [6, 6.07) is 0. The van der Waals surface area contributed by atoms with Gasteiger partial charge in [-0.3, -0.25) is 0 Å². The van der Waals surface area contributed by atoms with E-state index in [1.165, 1.54) is 5.57 Å². The highest BCUT2D eigenvalue weighted by Crippen LogP contribution is 2.47. The average Bonchev–Trinajstić information content (AvgIpc) is 2.04. The van der Waals surface area contributed by atoms with Crippen LogP contribution in [0.15, 0.2) is 23.0 Å². The minimum absolute atomic E-state index is 0.00171. The SMILES string of the molecule is CC1(C)C=C(C(C)(C)C)C(O)=C(C(C)(C)C)C1. The minimum atomic E-state index is -0.00171. The highest BCUT2D eigenvalue weighted by atomic mass is 16.3. The maximum atomic E-state index is 10.5. The topological polar surface area (TPSA) is 20.2 Å². The Morgan fingerprint density at radius 2 is 1.47 bits per heavy atom. The summed E-state index contributed by atoms with van der Waals surface area (Å²) in [6.45, 7) is 17.5. The van der Waals surface area contributed by atoms with Crippen molar-refractivity contribution < 1.29 is 5.11 Å². The van der Waals surface area contributed by atoms with Gasteiger partial charge < -0.3 is 5.11 Å². The number of aliphatic hydroxyl groups is 1. The van der Waals surface area contributed by atoms with E-state index in [0.717, 1.165) is 12.0 Å². The van der Waals surface area contributed by atoms with Crippen LogP contribution in [0.3, 0.4) is 0 Å². The van der Waals surface area contributed by atoms with Crippen LogP contribution in [0.2, 0.25) is 0 Å². The van der Waals surface area contributed by atoms with Crippen LogP contribution >= 0.6 is 0 Å². The zero-order valence-corrected chi connectivity index (χ0v) is 12.7. The fraction of sp³-hybridized carbons (Fsp3) is 0.750.